The van der Waals surface area contributed by atoms with Crippen LogP contribution in [0.3, 0.4) is 0 Å². The lowest BCUT2D eigenvalue weighted by molar-refractivity contribution is -0.137. The highest BCUT2D eigenvalue weighted by atomic mass is 19.4. The first-order chi connectivity index (χ1) is 13.8. The van der Waals surface area contributed by atoms with Crippen molar-refractivity contribution in [2.75, 3.05) is 12.1 Å². The Morgan fingerprint density at radius 3 is 2.52 bits per heavy atom. The molecule has 0 aliphatic carbocycles. The number of halogens is 3. The Balaban J connectivity index is 1.69. The van der Waals surface area contributed by atoms with Gasteiger partial charge >= 0.3 is 6.18 Å². The molecule has 0 atom stereocenters. The molecule has 1 aromatic heterocycles. The van der Waals surface area contributed by atoms with E-state index in [-0.39, 0.29) is 18.0 Å². The predicted molar refractivity (Wildman–Crippen MR) is 101 cm³/mol. The van der Waals surface area contributed by atoms with Gasteiger partial charge in [0.1, 0.15) is 0 Å². The third-order valence-electron chi connectivity index (χ3n) is 4.76. The molecule has 1 amide bonds. The number of carbonyl (C=O) groups is 1. The van der Waals surface area contributed by atoms with Crippen LogP contribution >= 0.6 is 0 Å². The molecule has 8 heteroatoms. The number of fused-ring (bicyclic) bond motifs is 1. The van der Waals surface area contributed by atoms with E-state index in [1.54, 1.807) is 38.1 Å². The van der Waals surface area contributed by atoms with E-state index in [4.69, 9.17) is 9.47 Å². The van der Waals surface area contributed by atoms with Crippen molar-refractivity contribution in [3.8, 4) is 17.2 Å². The highest BCUT2D eigenvalue weighted by molar-refractivity contribution is 6.05. The Morgan fingerprint density at radius 2 is 1.76 bits per heavy atom. The van der Waals surface area contributed by atoms with E-state index >= 15 is 0 Å². The van der Waals surface area contributed by atoms with Gasteiger partial charge in [-0.3, -0.25) is 4.79 Å². The number of carbonyl (C=O) groups excluding carboxylic acids is 1. The molecule has 0 bridgehead atoms. The van der Waals surface area contributed by atoms with E-state index in [1.807, 2.05) is 0 Å². The van der Waals surface area contributed by atoms with Gasteiger partial charge < -0.3 is 19.4 Å². The van der Waals surface area contributed by atoms with Gasteiger partial charge in [-0.05, 0) is 44.2 Å². The number of amides is 1. The summed E-state index contributed by atoms with van der Waals surface area (Å²) in [6.45, 7) is 3.40. The van der Waals surface area contributed by atoms with Crippen LogP contribution in [0.5, 0.6) is 11.5 Å². The smallest absolute Gasteiger partial charge is 0.418 e. The van der Waals surface area contributed by atoms with Crippen molar-refractivity contribution in [1.82, 2.24) is 4.57 Å². The first-order valence-electron chi connectivity index (χ1n) is 8.82. The van der Waals surface area contributed by atoms with Crippen LogP contribution in [-0.4, -0.2) is 17.3 Å². The maximum atomic E-state index is 13.4. The number of nitrogens with one attached hydrogen (secondary N) is 1. The van der Waals surface area contributed by atoms with Gasteiger partial charge in [-0.2, -0.15) is 13.2 Å². The molecule has 150 valence electrons. The van der Waals surface area contributed by atoms with Gasteiger partial charge in [-0.1, -0.05) is 12.1 Å². The zero-order valence-electron chi connectivity index (χ0n) is 15.6. The first kappa shape index (κ1) is 18.9. The monoisotopic (exact) mass is 402 g/mol. The summed E-state index contributed by atoms with van der Waals surface area (Å²) in [7, 11) is 0. The fourth-order valence-corrected chi connectivity index (χ4v) is 3.44. The van der Waals surface area contributed by atoms with Crippen molar-refractivity contribution in [1.29, 1.82) is 0 Å². The third kappa shape index (κ3) is 3.41. The molecule has 2 aromatic carbocycles. The quantitative estimate of drug-likeness (QED) is 0.664. The van der Waals surface area contributed by atoms with Gasteiger partial charge in [-0.25, -0.2) is 0 Å². The minimum atomic E-state index is -4.51. The number of para-hydroxylation sites is 1. The Labute approximate surface area is 164 Å². The van der Waals surface area contributed by atoms with E-state index in [0.29, 0.717) is 28.6 Å². The van der Waals surface area contributed by atoms with E-state index in [0.717, 1.165) is 6.07 Å². The third-order valence-corrected chi connectivity index (χ3v) is 4.76. The number of aromatic nitrogens is 1. The number of alkyl halides is 3. The van der Waals surface area contributed by atoms with Crippen LogP contribution in [0.4, 0.5) is 18.9 Å². The van der Waals surface area contributed by atoms with Crippen LogP contribution < -0.4 is 14.8 Å². The highest BCUT2D eigenvalue weighted by Gasteiger charge is 2.34. The molecule has 0 spiro atoms. The fourth-order valence-electron chi connectivity index (χ4n) is 3.44. The summed E-state index contributed by atoms with van der Waals surface area (Å²) in [5, 5.41) is 2.76. The summed E-state index contributed by atoms with van der Waals surface area (Å²) in [5.74, 6) is 0.685. The molecular formula is C21H17F3N2O3. The van der Waals surface area contributed by atoms with E-state index < -0.39 is 17.6 Å². The van der Waals surface area contributed by atoms with Crippen molar-refractivity contribution in [3.63, 3.8) is 0 Å². The summed E-state index contributed by atoms with van der Waals surface area (Å²) in [6.07, 6.45) is -4.51. The lowest BCUT2D eigenvalue weighted by Gasteiger charge is -2.16. The van der Waals surface area contributed by atoms with Crippen LogP contribution in [-0.2, 0) is 6.18 Å². The molecule has 1 aliphatic heterocycles. The zero-order valence-corrected chi connectivity index (χ0v) is 15.6. The number of nitrogens with zero attached hydrogens (tertiary/aromatic N) is 1. The minimum absolute atomic E-state index is 0.0165. The Morgan fingerprint density at radius 1 is 1.03 bits per heavy atom. The maximum absolute atomic E-state index is 13.4. The molecule has 3 aromatic rings. The van der Waals surface area contributed by atoms with Crippen molar-refractivity contribution in [3.05, 3.63) is 71.0 Å². The molecule has 29 heavy (non-hydrogen) atoms. The number of benzene rings is 2. The molecule has 2 heterocycles. The Bertz CT molecular complexity index is 1100. The summed E-state index contributed by atoms with van der Waals surface area (Å²) in [5.41, 5.74) is 0.950. The molecule has 5 nitrogen and oxygen atoms in total. The number of anilines is 1. The van der Waals surface area contributed by atoms with E-state index in [1.165, 1.54) is 22.8 Å². The molecule has 0 saturated heterocycles. The topological polar surface area (TPSA) is 52.5 Å². The van der Waals surface area contributed by atoms with Crippen LogP contribution in [0, 0.1) is 13.8 Å². The number of aryl methyl sites for hydroxylation is 1. The fraction of sp³-hybridized carbons (Fsp3) is 0.190. The van der Waals surface area contributed by atoms with Crippen molar-refractivity contribution < 1.29 is 27.4 Å². The molecule has 0 radical (unpaired) electrons. The normalized spacial score (nSPS) is 12.9. The van der Waals surface area contributed by atoms with Crippen LogP contribution in [0.1, 0.15) is 27.3 Å². The summed E-state index contributed by atoms with van der Waals surface area (Å²) in [4.78, 5) is 12.8. The maximum Gasteiger partial charge on any atom is 0.418 e. The van der Waals surface area contributed by atoms with Crippen LogP contribution in [0.2, 0.25) is 0 Å². The van der Waals surface area contributed by atoms with E-state index in [9.17, 15) is 18.0 Å². The molecule has 0 unspecified atom stereocenters. The van der Waals surface area contributed by atoms with Crippen molar-refractivity contribution in [2.24, 2.45) is 0 Å². The zero-order chi connectivity index (χ0) is 20.8. The van der Waals surface area contributed by atoms with E-state index in [2.05, 4.69) is 5.32 Å². The standard InChI is InChI=1S/C21H17F3N2O3/c1-12-9-15(20(27)25-14-7-8-18-19(10-14)29-11-28-18)13(2)26(12)17-6-4-3-5-16(17)21(22,23)24/h3-10H,11H2,1-2H3,(H,25,27). The average Bonchev–Trinajstić information content (AvgIpc) is 3.24. The number of ether oxygens (including phenoxy) is 2. The number of hydrogen-bond donors (Lipinski definition) is 1. The highest BCUT2D eigenvalue weighted by Crippen LogP contribution is 2.36. The Hall–Kier alpha value is -3.42. The minimum Gasteiger partial charge on any atom is -0.454 e. The molecule has 1 aliphatic rings. The van der Waals surface area contributed by atoms with Crippen molar-refractivity contribution >= 4 is 11.6 Å². The van der Waals surface area contributed by atoms with Gasteiger partial charge in [0, 0.05) is 23.1 Å². The van der Waals surface area contributed by atoms with Gasteiger partial charge in [0.25, 0.3) is 5.91 Å². The lowest BCUT2D eigenvalue weighted by atomic mass is 10.1. The van der Waals surface area contributed by atoms with Crippen molar-refractivity contribution in [2.45, 2.75) is 20.0 Å². The second-order valence-corrected chi connectivity index (χ2v) is 6.66. The first-order valence-corrected chi connectivity index (χ1v) is 8.82. The molecular weight excluding hydrogens is 385 g/mol. The summed E-state index contributed by atoms with van der Waals surface area (Å²) in [6, 6.07) is 11.9. The molecule has 4 rings (SSSR count). The van der Waals surface area contributed by atoms with Gasteiger partial charge in [0.15, 0.2) is 11.5 Å². The predicted octanol–water partition coefficient (Wildman–Crippen LogP) is 5.09. The number of hydrogen-bond acceptors (Lipinski definition) is 3. The molecule has 0 fully saturated rings. The lowest BCUT2D eigenvalue weighted by Crippen LogP contribution is -2.14. The average molecular weight is 402 g/mol. The van der Waals surface area contributed by atoms with Gasteiger partial charge in [0.2, 0.25) is 6.79 Å². The SMILES string of the molecule is Cc1cc(C(=O)Nc2ccc3c(c2)OCO3)c(C)n1-c1ccccc1C(F)(F)F. The second-order valence-electron chi connectivity index (χ2n) is 6.66. The van der Waals surface area contributed by atoms with Crippen LogP contribution in [0.25, 0.3) is 5.69 Å². The molecule has 0 saturated carbocycles. The summed E-state index contributed by atoms with van der Waals surface area (Å²) >= 11 is 0. The molecule has 1 N–H and O–H groups in total. The number of rotatable bonds is 3. The summed E-state index contributed by atoms with van der Waals surface area (Å²) < 4.78 is 52.3. The largest absolute Gasteiger partial charge is 0.454 e. The second kappa shape index (κ2) is 6.88. The van der Waals surface area contributed by atoms with Gasteiger partial charge in [0.05, 0.1) is 16.8 Å². The Kier molecular flexibility index (Phi) is 4.49. The van der Waals surface area contributed by atoms with Crippen LogP contribution in [0.15, 0.2) is 48.5 Å². The van der Waals surface area contributed by atoms with Gasteiger partial charge in [-0.15, -0.1) is 0 Å².